The second-order valence-electron chi connectivity index (χ2n) is 8.08. The molecule has 0 N–H and O–H groups in total. The molecule has 154 valence electrons. The third-order valence-corrected chi connectivity index (χ3v) is 4.74. The molecule has 3 rings (SSSR count). The fourth-order valence-corrected chi connectivity index (χ4v) is 3.44. The number of rotatable bonds is 2. The zero-order chi connectivity index (χ0) is 20.5. The number of alkyl halides is 1. The number of hydroxylamine groups is 2. The van der Waals surface area contributed by atoms with Crippen LogP contribution in [0.5, 0.6) is 0 Å². The Kier molecular flexibility index (Phi) is 5.83. The zero-order valence-corrected chi connectivity index (χ0v) is 16.2. The SMILES string of the molecule is CC(C)(C)OC(=O)N1CC[C@@H](C(=O)N2OCCC2c2cncc(F)c2)[C@H](F)C1. The van der Waals surface area contributed by atoms with Crippen molar-refractivity contribution in [1.29, 1.82) is 0 Å². The van der Waals surface area contributed by atoms with E-state index in [0.717, 1.165) is 11.3 Å². The van der Waals surface area contributed by atoms with Crippen LogP contribution in [0, 0.1) is 11.7 Å². The Labute approximate surface area is 162 Å². The van der Waals surface area contributed by atoms with Crippen molar-refractivity contribution in [2.24, 2.45) is 5.92 Å². The molecule has 0 aromatic carbocycles. The number of carbonyl (C=O) groups excluding carboxylic acids is 2. The van der Waals surface area contributed by atoms with Gasteiger partial charge in [0.2, 0.25) is 0 Å². The van der Waals surface area contributed by atoms with E-state index in [2.05, 4.69) is 4.98 Å². The van der Waals surface area contributed by atoms with E-state index in [-0.39, 0.29) is 26.1 Å². The molecule has 3 heterocycles. The van der Waals surface area contributed by atoms with Gasteiger partial charge < -0.3 is 9.64 Å². The largest absolute Gasteiger partial charge is 0.444 e. The number of halogens is 2. The van der Waals surface area contributed by atoms with Crippen molar-refractivity contribution < 1.29 is 27.9 Å². The van der Waals surface area contributed by atoms with Crippen molar-refractivity contribution in [1.82, 2.24) is 14.9 Å². The summed E-state index contributed by atoms with van der Waals surface area (Å²) < 4.78 is 33.5. The Hall–Kier alpha value is -2.29. The summed E-state index contributed by atoms with van der Waals surface area (Å²) in [6, 6.07) is 0.789. The van der Waals surface area contributed by atoms with E-state index in [4.69, 9.17) is 9.57 Å². The third-order valence-electron chi connectivity index (χ3n) is 4.74. The van der Waals surface area contributed by atoms with Crippen LogP contribution >= 0.6 is 0 Å². The van der Waals surface area contributed by atoms with Gasteiger partial charge in [-0.05, 0) is 38.8 Å². The first-order valence-corrected chi connectivity index (χ1v) is 9.34. The first-order chi connectivity index (χ1) is 13.2. The molecule has 28 heavy (non-hydrogen) atoms. The molecule has 2 saturated heterocycles. The first kappa shape index (κ1) is 20.4. The van der Waals surface area contributed by atoms with Crippen LogP contribution in [0.15, 0.2) is 18.5 Å². The van der Waals surface area contributed by atoms with Gasteiger partial charge in [0.05, 0.1) is 31.3 Å². The van der Waals surface area contributed by atoms with Gasteiger partial charge in [0, 0.05) is 19.2 Å². The zero-order valence-electron chi connectivity index (χ0n) is 16.2. The summed E-state index contributed by atoms with van der Waals surface area (Å²) in [6.07, 6.45) is 1.06. The van der Waals surface area contributed by atoms with Crippen LogP contribution in [0.25, 0.3) is 0 Å². The van der Waals surface area contributed by atoms with E-state index in [1.165, 1.54) is 17.2 Å². The van der Waals surface area contributed by atoms with Crippen LogP contribution in [0.4, 0.5) is 13.6 Å². The molecule has 0 aliphatic carbocycles. The van der Waals surface area contributed by atoms with Gasteiger partial charge in [-0.2, -0.15) is 0 Å². The summed E-state index contributed by atoms with van der Waals surface area (Å²) in [5, 5.41) is 1.14. The second kappa shape index (κ2) is 7.98. The lowest BCUT2D eigenvalue weighted by Gasteiger charge is -2.36. The summed E-state index contributed by atoms with van der Waals surface area (Å²) in [7, 11) is 0. The highest BCUT2D eigenvalue weighted by Crippen LogP contribution is 2.34. The first-order valence-electron chi connectivity index (χ1n) is 9.34. The van der Waals surface area contributed by atoms with Gasteiger partial charge >= 0.3 is 6.09 Å². The smallest absolute Gasteiger partial charge is 0.410 e. The van der Waals surface area contributed by atoms with Gasteiger partial charge in [-0.3, -0.25) is 14.6 Å². The highest BCUT2D eigenvalue weighted by atomic mass is 19.1. The van der Waals surface area contributed by atoms with E-state index in [0.29, 0.717) is 12.0 Å². The molecule has 0 radical (unpaired) electrons. The molecule has 1 aromatic heterocycles. The van der Waals surface area contributed by atoms with Crippen molar-refractivity contribution in [3.8, 4) is 0 Å². The number of hydrogen-bond donors (Lipinski definition) is 0. The van der Waals surface area contributed by atoms with Crippen LogP contribution in [0.2, 0.25) is 0 Å². The molecule has 2 aliphatic heterocycles. The van der Waals surface area contributed by atoms with Gasteiger partial charge in [0.15, 0.2) is 0 Å². The standard InChI is InChI=1S/C19H25F2N3O4/c1-19(2,3)28-18(26)23-6-4-14(15(21)11-23)17(25)24-16(5-7-27-24)12-8-13(20)10-22-9-12/h8-10,14-16H,4-7,11H2,1-3H3/t14-,15-,16?/m1/s1. The lowest BCUT2D eigenvalue weighted by molar-refractivity contribution is -0.185. The van der Waals surface area contributed by atoms with Gasteiger partial charge in [-0.1, -0.05) is 0 Å². The number of ether oxygens (including phenoxy) is 1. The molecular formula is C19H25F2N3O4. The number of carbonyl (C=O) groups is 2. The lowest BCUT2D eigenvalue weighted by atomic mass is 9.93. The summed E-state index contributed by atoms with van der Waals surface area (Å²) in [5.74, 6) is -1.94. The number of piperidine rings is 1. The summed E-state index contributed by atoms with van der Waals surface area (Å²) in [4.78, 5) is 35.5. The fraction of sp³-hybridized carbons (Fsp3) is 0.632. The minimum atomic E-state index is -1.54. The highest BCUT2D eigenvalue weighted by molar-refractivity contribution is 5.80. The average Bonchev–Trinajstić information content (AvgIpc) is 3.09. The molecule has 0 bridgehead atoms. The van der Waals surface area contributed by atoms with Gasteiger partial charge in [0.1, 0.15) is 17.6 Å². The van der Waals surface area contributed by atoms with Crippen LogP contribution in [0.3, 0.4) is 0 Å². The van der Waals surface area contributed by atoms with Gasteiger partial charge in [0.25, 0.3) is 5.91 Å². The molecule has 9 heteroatoms. The Morgan fingerprint density at radius 2 is 2.04 bits per heavy atom. The molecule has 2 fully saturated rings. The van der Waals surface area contributed by atoms with Gasteiger partial charge in [-0.15, -0.1) is 0 Å². The monoisotopic (exact) mass is 397 g/mol. The Bertz CT molecular complexity index is 740. The number of likely N-dealkylation sites (tertiary alicyclic amines) is 1. The minimum Gasteiger partial charge on any atom is -0.444 e. The third kappa shape index (κ3) is 4.57. The number of aromatic nitrogens is 1. The van der Waals surface area contributed by atoms with E-state index >= 15 is 0 Å². The van der Waals surface area contributed by atoms with Crippen molar-refractivity contribution in [2.75, 3.05) is 19.7 Å². The van der Waals surface area contributed by atoms with E-state index in [9.17, 15) is 18.4 Å². The number of amides is 2. The molecular weight excluding hydrogens is 372 g/mol. The van der Waals surface area contributed by atoms with Crippen molar-refractivity contribution in [3.05, 3.63) is 29.8 Å². The lowest BCUT2D eigenvalue weighted by Crippen LogP contribution is -2.51. The molecule has 0 saturated carbocycles. The number of hydrogen-bond acceptors (Lipinski definition) is 5. The minimum absolute atomic E-state index is 0.160. The quantitative estimate of drug-likeness (QED) is 0.767. The molecule has 3 atom stereocenters. The van der Waals surface area contributed by atoms with Crippen molar-refractivity contribution in [2.45, 2.75) is 51.4 Å². The van der Waals surface area contributed by atoms with E-state index < -0.39 is 41.6 Å². The average molecular weight is 397 g/mol. The summed E-state index contributed by atoms with van der Waals surface area (Å²) in [5.41, 5.74) is -0.169. The topological polar surface area (TPSA) is 72.0 Å². The van der Waals surface area contributed by atoms with Crippen molar-refractivity contribution >= 4 is 12.0 Å². The molecule has 1 aromatic rings. The van der Waals surface area contributed by atoms with E-state index in [1.54, 1.807) is 20.8 Å². The summed E-state index contributed by atoms with van der Waals surface area (Å²) in [6.45, 7) is 5.48. The predicted molar refractivity (Wildman–Crippen MR) is 95.2 cm³/mol. The maximum Gasteiger partial charge on any atom is 0.410 e. The fourth-order valence-electron chi connectivity index (χ4n) is 3.44. The second-order valence-corrected chi connectivity index (χ2v) is 8.08. The Morgan fingerprint density at radius 3 is 2.68 bits per heavy atom. The molecule has 0 spiro atoms. The van der Waals surface area contributed by atoms with Crippen LogP contribution in [-0.2, 0) is 14.4 Å². The Morgan fingerprint density at radius 1 is 1.29 bits per heavy atom. The van der Waals surface area contributed by atoms with Crippen LogP contribution in [0.1, 0.15) is 45.2 Å². The van der Waals surface area contributed by atoms with Crippen molar-refractivity contribution in [3.63, 3.8) is 0 Å². The maximum absolute atomic E-state index is 14.8. The molecule has 1 unspecified atom stereocenters. The maximum atomic E-state index is 14.8. The molecule has 2 aliphatic rings. The summed E-state index contributed by atoms with van der Waals surface area (Å²) >= 11 is 0. The van der Waals surface area contributed by atoms with Crippen LogP contribution in [-0.4, -0.2) is 58.4 Å². The number of pyridine rings is 1. The highest BCUT2D eigenvalue weighted by Gasteiger charge is 2.43. The Balaban J connectivity index is 1.65. The predicted octanol–water partition coefficient (Wildman–Crippen LogP) is 3.02. The van der Waals surface area contributed by atoms with Crippen LogP contribution < -0.4 is 0 Å². The van der Waals surface area contributed by atoms with E-state index in [1.807, 2.05) is 0 Å². The van der Waals surface area contributed by atoms with Gasteiger partial charge in [-0.25, -0.2) is 18.6 Å². The molecule has 7 nitrogen and oxygen atoms in total. The number of nitrogens with zero attached hydrogens (tertiary/aromatic N) is 3. The molecule has 2 amide bonds. The normalized spacial score (nSPS) is 25.7.